The quantitative estimate of drug-likeness (QED) is 0.389. The van der Waals surface area contributed by atoms with Crippen molar-refractivity contribution in [1.82, 2.24) is 29.7 Å². The molecule has 0 saturated carbocycles. The molecule has 34 heavy (non-hydrogen) atoms. The highest BCUT2D eigenvalue weighted by molar-refractivity contribution is 6.28. The van der Waals surface area contributed by atoms with E-state index in [0.29, 0.717) is 19.8 Å². The van der Waals surface area contributed by atoms with Gasteiger partial charge < -0.3 is 19.5 Å². The molecule has 0 bridgehead atoms. The van der Waals surface area contributed by atoms with Gasteiger partial charge in [-0.15, -0.1) is 0 Å². The Morgan fingerprint density at radius 1 is 1.18 bits per heavy atom. The predicted octanol–water partition coefficient (Wildman–Crippen LogP) is 2.73. The Hall–Kier alpha value is -3.01. The molecule has 1 fully saturated rings. The molecule has 4 rings (SSSR count). The minimum Gasteiger partial charge on any atom is -0.378 e. The van der Waals surface area contributed by atoms with Gasteiger partial charge in [0.25, 0.3) is 0 Å². The first-order chi connectivity index (χ1) is 16.5. The first kappa shape index (κ1) is 24.1. The van der Waals surface area contributed by atoms with Crippen LogP contribution in [0.2, 0.25) is 5.28 Å². The van der Waals surface area contributed by atoms with Crippen LogP contribution < -0.4 is 10.2 Å². The molecule has 1 aliphatic heterocycles. The molecule has 3 aromatic rings. The number of anilines is 1. The van der Waals surface area contributed by atoms with Gasteiger partial charge in [-0.05, 0) is 42.8 Å². The van der Waals surface area contributed by atoms with Crippen LogP contribution in [0.15, 0.2) is 30.3 Å². The van der Waals surface area contributed by atoms with Crippen molar-refractivity contribution in [3.8, 4) is 0 Å². The van der Waals surface area contributed by atoms with Crippen molar-refractivity contribution in [2.45, 2.75) is 26.6 Å². The Morgan fingerprint density at radius 3 is 2.59 bits per heavy atom. The molecule has 0 radical (unpaired) electrons. The highest BCUT2D eigenvalue weighted by Gasteiger charge is 2.22. The zero-order valence-corrected chi connectivity index (χ0v) is 20.5. The fourth-order valence-electron chi connectivity index (χ4n) is 4.05. The highest BCUT2D eigenvalue weighted by Crippen LogP contribution is 2.27. The number of aromatic nitrogens is 4. The smallest absolute Gasteiger partial charge is 0.243 e. The lowest BCUT2D eigenvalue weighted by Crippen LogP contribution is -2.37. The van der Waals surface area contributed by atoms with Gasteiger partial charge in [0.2, 0.25) is 11.2 Å². The van der Waals surface area contributed by atoms with Crippen LogP contribution in [-0.2, 0) is 29.2 Å². The summed E-state index contributed by atoms with van der Waals surface area (Å²) in [6.07, 6.45) is 3.32. The highest BCUT2D eigenvalue weighted by atomic mass is 35.5. The van der Waals surface area contributed by atoms with Crippen LogP contribution in [0.25, 0.3) is 17.2 Å². The summed E-state index contributed by atoms with van der Waals surface area (Å²) < 4.78 is 7.59. The monoisotopic (exact) mass is 483 g/mol. The molecule has 0 aliphatic carbocycles. The Kier molecular flexibility index (Phi) is 7.77. The van der Waals surface area contributed by atoms with Crippen LogP contribution in [0, 0.1) is 0 Å². The summed E-state index contributed by atoms with van der Waals surface area (Å²) in [7, 11) is 3.68. The third kappa shape index (κ3) is 5.55. The van der Waals surface area contributed by atoms with Crippen LogP contribution in [0.5, 0.6) is 0 Å². The Balaban J connectivity index is 1.52. The van der Waals surface area contributed by atoms with Crippen LogP contribution in [0.4, 0.5) is 5.82 Å². The van der Waals surface area contributed by atoms with Crippen molar-refractivity contribution in [1.29, 1.82) is 0 Å². The van der Waals surface area contributed by atoms with E-state index in [1.54, 1.807) is 13.1 Å². The number of hydrogen-bond donors (Lipinski definition) is 1. The summed E-state index contributed by atoms with van der Waals surface area (Å²) in [6, 6.07) is 8.17. The van der Waals surface area contributed by atoms with Crippen LogP contribution in [0.3, 0.4) is 0 Å². The number of morpholine rings is 1. The van der Waals surface area contributed by atoms with Crippen LogP contribution >= 0.6 is 11.6 Å². The molecule has 1 saturated heterocycles. The van der Waals surface area contributed by atoms with Crippen molar-refractivity contribution >= 4 is 40.6 Å². The van der Waals surface area contributed by atoms with Gasteiger partial charge in [0.1, 0.15) is 5.82 Å². The van der Waals surface area contributed by atoms with E-state index in [1.807, 2.05) is 12.1 Å². The molecule has 9 nitrogen and oxygen atoms in total. The van der Waals surface area contributed by atoms with Crippen molar-refractivity contribution in [3.63, 3.8) is 0 Å². The van der Waals surface area contributed by atoms with E-state index < -0.39 is 0 Å². The van der Waals surface area contributed by atoms with E-state index in [0.717, 1.165) is 54.5 Å². The van der Waals surface area contributed by atoms with Gasteiger partial charge in [0.15, 0.2) is 17.0 Å². The van der Waals surface area contributed by atoms with Gasteiger partial charge in [-0.25, -0.2) is 4.98 Å². The summed E-state index contributed by atoms with van der Waals surface area (Å²) in [4.78, 5) is 29.7. The number of likely N-dealkylation sites (N-methyl/N-ethyl adjacent to an activating group) is 1. The normalized spacial score (nSPS) is 14.4. The standard InChI is InChI=1S/C24H30ClN7O2/c1-4-32-19(16-30(3)15-18-7-5-17(6-8-18)9-10-20(33)26-2)27-21-22(28-24(25)29-23(21)32)31-11-13-34-14-12-31/h5-10H,4,11-16H2,1-3H3,(H,26,33)/b10-9+. The van der Waals surface area contributed by atoms with Gasteiger partial charge in [-0.1, -0.05) is 24.3 Å². The number of ether oxygens (including phenoxy) is 1. The predicted molar refractivity (Wildman–Crippen MR) is 134 cm³/mol. The van der Waals surface area contributed by atoms with Crippen molar-refractivity contribution < 1.29 is 9.53 Å². The first-order valence-corrected chi connectivity index (χ1v) is 11.8. The Morgan fingerprint density at radius 2 is 1.91 bits per heavy atom. The van der Waals surface area contributed by atoms with Crippen molar-refractivity contribution in [2.24, 2.45) is 0 Å². The zero-order valence-electron chi connectivity index (χ0n) is 19.8. The fraction of sp³-hybridized carbons (Fsp3) is 0.417. The Bertz CT molecular complexity index is 1170. The maximum absolute atomic E-state index is 11.4. The van der Waals surface area contributed by atoms with Gasteiger partial charge >= 0.3 is 0 Å². The SMILES string of the molecule is CCn1c(CN(C)Cc2ccc(/C=C/C(=O)NC)cc2)nc2c(N3CCOCC3)nc(Cl)nc21. The van der Waals surface area contributed by atoms with Gasteiger partial charge in [0.05, 0.1) is 19.8 Å². The molecule has 0 atom stereocenters. The summed E-state index contributed by atoms with van der Waals surface area (Å²) >= 11 is 6.30. The number of carbonyl (C=O) groups excluding carboxylic acids is 1. The fourth-order valence-corrected chi connectivity index (χ4v) is 4.21. The number of carbonyl (C=O) groups is 1. The first-order valence-electron chi connectivity index (χ1n) is 11.4. The van der Waals surface area contributed by atoms with Crippen molar-refractivity contribution in [3.05, 3.63) is 52.6 Å². The number of hydrogen-bond acceptors (Lipinski definition) is 7. The average Bonchev–Trinajstić information content (AvgIpc) is 3.19. The molecule has 1 aromatic carbocycles. The number of nitrogens with zero attached hydrogens (tertiary/aromatic N) is 6. The summed E-state index contributed by atoms with van der Waals surface area (Å²) in [5.41, 5.74) is 3.70. The summed E-state index contributed by atoms with van der Waals surface area (Å²) in [5.74, 6) is 1.58. The van der Waals surface area contributed by atoms with Gasteiger partial charge in [-0.3, -0.25) is 9.69 Å². The molecule has 3 heterocycles. The molecule has 0 unspecified atom stereocenters. The number of nitrogens with one attached hydrogen (secondary N) is 1. The van der Waals surface area contributed by atoms with E-state index >= 15 is 0 Å². The number of benzene rings is 1. The minimum atomic E-state index is -0.120. The number of amides is 1. The van der Waals surface area contributed by atoms with Gasteiger partial charge in [-0.2, -0.15) is 9.97 Å². The van der Waals surface area contributed by atoms with Crippen molar-refractivity contribution in [2.75, 3.05) is 45.3 Å². The summed E-state index contributed by atoms with van der Waals surface area (Å²) in [6.45, 7) is 7.07. The second-order valence-corrected chi connectivity index (χ2v) is 8.56. The molecular weight excluding hydrogens is 454 g/mol. The summed E-state index contributed by atoms with van der Waals surface area (Å²) in [5, 5.41) is 2.81. The maximum Gasteiger partial charge on any atom is 0.243 e. The molecule has 2 aromatic heterocycles. The zero-order chi connectivity index (χ0) is 24.1. The van der Waals surface area contributed by atoms with Crippen LogP contribution in [-0.4, -0.2) is 70.7 Å². The lowest BCUT2D eigenvalue weighted by molar-refractivity contribution is -0.115. The maximum atomic E-state index is 11.4. The number of aryl methyl sites for hydroxylation is 1. The van der Waals surface area contributed by atoms with Gasteiger partial charge in [0, 0.05) is 39.3 Å². The second kappa shape index (κ2) is 10.9. The number of halogens is 1. The van der Waals surface area contributed by atoms with E-state index in [4.69, 9.17) is 21.3 Å². The minimum absolute atomic E-state index is 0.120. The molecule has 1 N–H and O–H groups in total. The molecule has 0 spiro atoms. The van der Waals surface area contributed by atoms with E-state index in [2.05, 4.69) is 55.8 Å². The van der Waals surface area contributed by atoms with E-state index in [9.17, 15) is 4.79 Å². The molecule has 1 aliphatic rings. The van der Waals surface area contributed by atoms with E-state index in [1.165, 1.54) is 11.6 Å². The Labute approximate surface area is 204 Å². The molecule has 10 heteroatoms. The average molecular weight is 484 g/mol. The lowest BCUT2D eigenvalue weighted by Gasteiger charge is -2.27. The molecule has 180 valence electrons. The molecular formula is C24H30ClN7O2. The second-order valence-electron chi connectivity index (χ2n) is 8.22. The molecule has 1 amide bonds. The lowest BCUT2D eigenvalue weighted by atomic mass is 10.1. The number of rotatable bonds is 8. The largest absolute Gasteiger partial charge is 0.378 e. The van der Waals surface area contributed by atoms with E-state index in [-0.39, 0.29) is 11.2 Å². The third-order valence-corrected chi connectivity index (χ3v) is 5.94. The number of fused-ring (bicyclic) bond motifs is 1. The number of imidazole rings is 1. The third-order valence-electron chi connectivity index (χ3n) is 5.77. The topological polar surface area (TPSA) is 88.4 Å². The van der Waals surface area contributed by atoms with Crippen LogP contribution in [0.1, 0.15) is 23.9 Å².